The summed E-state index contributed by atoms with van der Waals surface area (Å²) in [5.74, 6) is -0.186. The van der Waals surface area contributed by atoms with E-state index in [1.807, 2.05) is 31.2 Å². The standard InChI is InChI=1S/C19H21F3N2O/c1-2-3-17(23)18(25)24-12-13-4-6-14(7-5-13)15-8-10-16(11-9-15)19(20,21)22/h4-11,17H,2-3,12,23H2,1H3,(H,24,25)/t17-/m0/s1. The molecule has 1 atom stereocenters. The average Bonchev–Trinajstić information content (AvgIpc) is 2.59. The second kappa shape index (κ2) is 8.16. The van der Waals surface area contributed by atoms with Crippen LogP contribution in [-0.4, -0.2) is 11.9 Å². The number of hydrogen-bond acceptors (Lipinski definition) is 2. The maximum absolute atomic E-state index is 12.6. The minimum absolute atomic E-state index is 0.186. The van der Waals surface area contributed by atoms with Gasteiger partial charge in [-0.05, 0) is 35.2 Å². The highest BCUT2D eigenvalue weighted by Gasteiger charge is 2.29. The molecule has 0 spiro atoms. The molecule has 25 heavy (non-hydrogen) atoms. The van der Waals surface area contributed by atoms with Gasteiger partial charge in [0.1, 0.15) is 0 Å². The molecule has 0 fully saturated rings. The number of amides is 1. The van der Waals surface area contributed by atoms with E-state index in [2.05, 4.69) is 5.32 Å². The SMILES string of the molecule is CCC[C@H](N)C(=O)NCc1ccc(-c2ccc(C(F)(F)F)cc2)cc1. The van der Waals surface area contributed by atoms with Gasteiger partial charge < -0.3 is 11.1 Å². The third-order valence-electron chi connectivity index (χ3n) is 3.90. The average molecular weight is 350 g/mol. The van der Waals surface area contributed by atoms with Crippen molar-refractivity contribution in [2.75, 3.05) is 0 Å². The molecule has 0 aliphatic rings. The Morgan fingerprint density at radius 3 is 2.04 bits per heavy atom. The van der Waals surface area contributed by atoms with Crippen LogP contribution in [0.25, 0.3) is 11.1 Å². The van der Waals surface area contributed by atoms with Crippen LogP contribution in [-0.2, 0) is 17.5 Å². The zero-order chi connectivity index (χ0) is 18.4. The predicted molar refractivity (Wildman–Crippen MR) is 91.6 cm³/mol. The summed E-state index contributed by atoms with van der Waals surface area (Å²) < 4.78 is 37.8. The Balaban J connectivity index is 1.99. The molecular formula is C19H21F3N2O. The maximum atomic E-state index is 12.6. The number of alkyl halides is 3. The first-order valence-electron chi connectivity index (χ1n) is 8.11. The molecule has 2 aromatic rings. The quantitative estimate of drug-likeness (QED) is 0.823. The first-order chi connectivity index (χ1) is 11.8. The van der Waals surface area contributed by atoms with Crippen molar-refractivity contribution in [3.63, 3.8) is 0 Å². The molecular weight excluding hydrogens is 329 g/mol. The molecule has 2 aromatic carbocycles. The Bertz CT molecular complexity index is 694. The first kappa shape index (κ1) is 19.0. The van der Waals surface area contributed by atoms with Crippen LogP contribution in [0.3, 0.4) is 0 Å². The molecule has 0 aromatic heterocycles. The lowest BCUT2D eigenvalue weighted by molar-refractivity contribution is -0.137. The molecule has 0 aliphatic carbocycles. The van der Waals surface area contributed by atoms with Crippen LogP contribution in [0.1, 0.15) is 30.9 Å². The third kappa shape index (κ3) is 5.32. The number of carbonyl (C=O) groups excluding carboxylic acids is 1. The molecule has 3 N–H and O–H groups in total. The minimum atomic E-state index is -4.33. The Hall–Kier alpha value is -2.34. The van der Waals surface area contributed by atoms with Crippen LogP contribution < -0.4 is 11.1 Å². The molecule has 0 saturated carbocycles. The normalized spacial score (nSPS) is 12.7. The van der Waals surface area contributed by atoms with Crippen molar-refractivity contribution in [3.05, 3.63) is 59.7 Å². The van der Waals surface area contributed by atoms with Gasteiger partial charge in [0, 0.05) is 6.54 Å². The van der Waals surface area contributed by atoms with Crippen molar-refractivity contribution >= 4 is 5.91 Å². The summed E-state index contributed by atoms with van der Waals surface area (Å²) in [5.41, 5.74) is 7.48. The third-order valence-corrected chi connectivity index (χ3v) is 3.90. The second-order valence-corrected chi connectivity index (χ2v) is 5.89. The summed E-state index contributed by atoms with van der Waals surface area (Å²) in [6, 6.07) is 11.8. The van der Waals surface area contributed by atoms with Gasteiger partial charge in [-0.1, -0.05) is 49.7 Å². The van der Waals surface area contributed by atoms with E-state index < -0.39 is 17.8 Å². The zero-order valence-electron chi connectivity index (χ0n) is 13.9. The number of halogens is 3. The zero-order valence-corrected chi connectivity index (χ0v) is 13.9. The smallest absolute Gasteiger partial charge is 0.351 e. The van der Waals surface area contributed by atoms with Gasteiger partial charge >= 0.3 is 6.18 Å². The largest absolute Gasteiger partial charge is 0.416 e. The van der Waals surface area contributed by atoms with E-state index in [-0.39, 0.29) is 5.91 Å². The van der Waals surface area contributed by atoms with Gasteiger partial charge in [0.15, 0.2) is 0 Å². The summed E-state index contributed by atoms with van der Waals surface area (Å²) in [7, 11) is 0. The molecule has 0 radical (unpaired) electrons. The van der Waals surface area contributed by atoms with Crippen LogP contribution >= 0.6 is 0 Å². The Labute approximate surface area is 145 Å². The van der Waals surface area contributed by atoms with E-state index in [1.54, 1.807) is 0 Å². The van der Waals surface area contributed by atoms with Crippen molar-refractivity contribution in [1.29, 1.82) is 0 Å². The topological polar surface area (TPSA) is 55.1 Å². The fourth-order valence-corrected chi connectivity index (χ4v) is 2.43. The van der Waals surface area contributed by atoms with Crippen LogP contribution in [0.5, 0.6) is 0 Å². The van der Waals surface area contributed by atoms with Crippen LogP contribution in [0.2, 0.25) is 0 Å². The van der Waals surface area contributed by atoms with Crippen LogP contribution in [0.15, 0.2) is 48.5 Å². The first-order valence-corrected chi connectivity index (χ1v) is 8.11. The number of nitrogens with one attached hydrogen (secondary N) is 1. The lowest BCUT2D eigenvalue weighted by atomic mass is 10.0. The van der Waals surface area contributed by atoms with E-state index in [1.165, 1.54) is 12.1 Å². The molecule has 1 amide bonds. The molecule has 134 valence electrons. The molecule has 3 nitrogen and oxygen atoms in total. The summed E-state index contributed by atoms with van der Waals surface area (Å²) in [4.78, 5) is 11.8. The summed E-state index contributed by atoms with van der Waals surface area (Å²) >= 11 is 0. The molecule has 0 heterocycles. The highest BCUT2D eigenvalue weighted by Crippen LogP contribution is 2.31. The van der Waals surface area contributed by atoms with Gasteiger partial charge in [-0.2, -0.15) is 13.2 Å². The number of benzene rings is 2. The van der Waals surface area contributed by atoms with E-state index in [0.29, 0.717) is 18.5 Å². The van der Waals surface area contributed by atoms with Gasteiger partial charge in [0.2, 0.25) is 5.91 Å². The van der Waals surface area contributed by atoms with Crippen molar-refractivity contribution in [1.82, 2.24) is 5.32 Å². The molecule has 0 aliphatic heterocycles. The fourth-order valence-electron chi connectivity index (χ4n) is 2.43. The predicted octanol–water partition coefficient (Wildman–Crippen LogP) is 4.12. The summed E-state index contributed by atoms with van der Waals surface area (Å²) in [5, 5.41) is 2.78. The number of hydrogen-bond donors (Lipinski definition) is 2. The van der Waals surface area contributed by atoms with Crippen molar-refractivity contribution in [3.8, 4) is 11.1 Å². The molecule has 6 heteroatoms. The van der Waals surface area contributed by atoms with Crippen LogP contribution in [0, 0.1) is 0 Å². The van der Waals surface area contributed by atoms with Gasteiger partial charge in [0.05, 0.1) is 11.6 Å². The molecule has 0 bridgehead atoms. The monoisotopic (exact) mass is 350 g/mol. The Morgan fingerprint density at radius 2 is 1.56 bits per heavy atom. The van der Waals surface area contributed by atoms with E-state index in [4.69, 9.17) is 5.73 Å². The van der Waals surface area contributed by atoms with E-state index in [9.17, 15) is 18.0 Å². The van der Waals surface area contributed by atoms with Gasteiger partial charge in [-0.3, -0.25) is 4.79 Å². The van der Waals surface area contributed by atoms with Crippen molar-refractivity contribution in [2.45, 2.75) is 38.5 Å². The number of rotatable bonds is 6. The summed E-state index contributed by atoms with van der Waals surface area (Å²) in [6.07, 6.45) is -2.85. The highest BCUT2D eigenvalue weighted by molar-refractivity contribution is 5.81. The lowest BCUT2D eigenvalue weighted by Gasteiger charge is -2.12. The fraction of sp³-hybridized carbons (Fsp3) is 0.316. The Kier molecular flexibility index (Phi) is 6.20. The highest BCUT2D eigenvalue weighted by atomic mass is 19.4. The Morgan fingerprint density at radius 1 is 1.04 bits per heavy atom. The lowest BCUT2D eigenvalue weighted by Crippen LogP contribution is -2.40. The number of nitrogens with two attached hydrogens (primary N) is 1. The minimum Gasteiger partial charge on any atom is -0.351 e. The molecule has 2 rings (SSSR count). The molecule has 0 unspecified atom stereocenters. The van der Waals surface area contributed by atoms with Gasteiger partial charge in [-0.25, -0.2) is 0 Å². The van der Waals surface area contributed by atoms with Crippen molar-refractivity contribution < 1.29 is 18.0 Å². The second-order valence-electron chi connectivity index (χ2n) is 5.89. The maximum Gasteiger partial charge on any atom is 0.416 e. The van der Waals surface area contributed by atoms with Crippen molar-refractivity contribution in [2.24, 2.45) is 5.73 Å². The van der Waals surface area contributed by atoms with E-state index in [0.717, 1.165) is 29.7 Å². The van der Waals surface area contributed by atoms with Crippen LogP contribution in [0.4, 0.5) is 13.2 Å². The van der Waals surface area contributed by atoms with Gasteiger partial charge in [-0.15, -0.1) is 0 Å². The summed E-state index contributed by atoms with van der Waals surface area (Å²) in [6.45, 7) is 2.33. The van der Waals surface area contributed by atoms with Gasteiger partial charge in [0.25, 0.3) is 0 Å². The molecule has 0 saturated heterocycles. The number of carbonyl (C=O) groups is 1. The van der Waals surface area contributed by atoms with E-state index >= 15 is 0 Å².